The summed E-state index contributed by atoms with van der Waals surface area (Å²) in [6, 6.07) is 9.17. The average molecular weight is 268 g/mol. The molecule has 18 heavy (non-hydrogen) atoms. The van der Waals surface area contributed by atoms with Crippen LogP contribution in [0.5, 0.6) is 0 Å². The third kappa shape index (κ3) is 2.74. The molecule has 0 N–H and O–H groups in total. The first-order valence-corrected chi connectivity index (χ1v) is 7.67. The van der Waals surface area contributed by atoms with E-state index in [-0.39, 0.29) is 0 Å². The van der Waals surface area contributed by atoms with Gasteiger partial charge in [-0.15, -0.1) is 0 Å². The van der Waals surface area contributed by atoms with Gasteiger partial charge < -0.3 is 4.90 Å². The van der Waals surface area contributed by atoms with Crippen molar-refractivity contribution in [1.29, 1.82) is 0 Å². The number of rotatable bonds is 3. The van der Waals surface area contributed by atoms with Crippen molar-refractivity contribution in [3.63, 3.8) is 0 Å². The Morgan fingerprint density at radius 3 is 2.17 bits per heavy atom. The van der Waals surface area contributed by atoms with Crippen molar-refractivity contribution in [2.45, 2.75) is 23.8 Å². The monoisotopic (exact) mass is 268 g/mol. The first kappa shape index (κ1) is 13.5. The molecule has 4 nitrogen and oxygen atoms in total. The molecule has 1 saturated heterocycles. The lowest BCUT2D eigenvalue weighted by molar-refractivity contribution is 0.196. The topological polar surface area (TPSA) is 40.6 Å². The van der Waals surface area contributed by atoms with Crippen molar-refractivity contribution < 1.29 is 8.42 Å². The van der Waals surface area contributed by atoms with Gasteiger partial charge in [-0.1, -0.05) is 18.2 Å². The van der Waals surface area contributed by atoms with Crippen LogP contribution >= 0.6 is 0 Å². The van der Waals surface area contributed by atoms with Crippen molar-refractivity contribution in [3.05, 3.63) is 30.3 Å². The van der Waals surface area contributed by atoms with Gasteiger partial charge >= 0.3 is 0 Å². The van der Waals surface area contributed by atoms with Crippen molar-refractivity contribution >= 4 is 10.0 Å². The number of hydrogen-bond donors (Lipinski definition) is 0. The molecule has 5 heteroatoms. The van der Waals surface area contributed by atoms with Gasteiger partial charge in [0.1, 0.15) is 0 Å². The van der Waals surface area contributed by atoms with E-state index in [1.54, 1.807) is 28.6 Å². The van der Waals surface area contributed by atoms with Crippen LogP contribution in [0.2, 0.25) is 0 Å². The normalized spacial score (nSPS) is 19.3. The summed E-state index contributed by atoms with van der Waals surface area (Å²) in [6.45, 7) is 1.22. The van der Waals surface area contributed by atoms with Crippen LogP contribution in [0.1, 0.15) is 12.8 Å². The van der Waals surface area contributed by atoms with Crippen LogP contribution in [0.15, 0.2) is 35.2 Å². The number of benzene rings is 1. The average Bonchev–Trinajstić information content (AvgIpc) is 2.40. The highest BCUT2D eigenvalue weighted by Crippen LogP contribution is 2.21. The molecule has 1 aromatic rings. The van der Waals surface area contributed by atoms with Crippen LogP contribution in [-0.2, 0) is 10.0 Å². The first-order chi connectivity index (χ1) is 8.51. The highest BCUT2D eigenvalue weighted by Gasteiger charge is 2.29. The van der Waals surface area contributed by atoms with Gasteiger partial charge in [0.2, 0.25) is 10.0 Å². The molecule has 0 spiro atoms. The van der Waals surface area contributed by atoms with Gasteiger partial charge in [0.15, 0.2) is 0 Å². The standard InChI is InChI=1S/C13H20N2O2S/c1-14(2)12-8-10-15(11-9-12)18(16,17)13-6-4-3-5-7-13/h3-7,12H,8-11H2,1-2H3. The summed E-state index contributed by atoms with van der Waals surface area (Å²) in [4.78, 5) is 2.57. The van der Waals surface area contributed by atoms with Crippen molar-refractivity contribution in [2.75, 3.05) is 27.2 Å². The molecule has 1 aromatic carbocycles. The highest BCUT2D eigenvalue weighted by atomic mass is 32.2. The van der Waals surface area contributed by atoms with E-state index in [4.69, 9.17) is 0 Å². The summed E-state index contributed by atoms with van der Waals surface area (Å²) >= 11 is 0. The van der Waals surface area contributed by atoms with E-state index in [2.05, 4.69) is 4.90 Å². The fourth-order valence-electron chi connectivity index (χ4n) is 2.34. The van der Waals surface area contributed by atoms with Gasteiger partial charge in [0, 0.05) is 19.1 Å². The summed E-state index contributed by atoms with van der Waals surface area (Å²) in [5, 5.41) is 0. The molecule has 1 aliphatic heterocycles. The zero-order valence-corrected chi connectivity index (χ0v) is 11.7. The second kappa shape index (κ2) is 5.38. The van der Waals surface area contributed by atoms with E-state index in [1.807, 2.05) is 20.2 Å². The molecular formula is C13H20N2O2S. The predicted molar refractivity (Wildman–Crippen MR) is 71.9 cm³/mol. The van der Waals surface area contributed by atoms with Crippen molar-refractivity contribution in [3.8, 4) is 0 Å². The summed E-state index contributed by atoms with van der Waals surface area (Å²) in [6.07, 6.45) is 1.80. The molecule has 0 saturated carbocycles. The third-order valence-electron chi connectivity index (χ3n) is 3.53. The van der Waals surface area contributed by atoms with Gasteiger partial charge in [-0.2, -0.15) is 4.31 Å². The van der Waals surface area contributed by atoms with E-state index < -0.39 is 10.0 Å². The van der Waals surface area contributed by atoms with E-state index in [0.717, 1.165) is 12.8 Å². The molecule has 0 aliphatic carbocycles. The lowest BCUT2D eigenvalue weighted by Gasteiger charge is -2.34. The van der Waals surface area contributed by atoms with Crippen LogP contribution in [0.3, 0.4) is 0 Å². The molecule has 1 fully saturated rings. The molecule has 0 bridgehead atoms. The van der Waals surface area contributed by atoms with Crippen LogP contribution in [0.25, 0.3) is 0 Å². The molecule has 0 amide bonds. The number of nitrogens with zero attached hydrogens (tertiary/aromatic N) is 2. The molecule has 1 aliphatic rings. The molecule has 0 unspecified atom stereocenters. The van der Waals surface area contributed by atoms with Crippen molar-refractivity contribution in [2.24, 2.45) is 0 Å². The quantitative estimate of drug-likeness (QED) is 0.832. The zero-order chi connectivity index (χ0) is 13.2. The zero-order valence-electron chi connectivity index (χ0n) is 10.9. The second-order valence-corrected chi connectivity index (χ2v) is 6.85. The molecule has 100 valence electrons. The number of sulfonamides is 1. The minimum atomic E-state index is -3.30. The molecular weight excluding hydrogens is 248 g/mol. The van der Waals surface area contributed by atoms with Gasteiger partial charge in [0.05, 0.1) is 4.90 Å². The predicted octanol–water partition coefficient (Wildman–Crippen LogP) is 1.40. The Morgan fingerprint density at radius 2 is 1.67 bits per heavy atom. The van der Waals surface area contributed by atoms with E-state index >= 15 is 0 Å². The summed E-state index contributed by atoms with van der Waals surface area (Å²) in [7, 11) is 0.799. The Kier molecular flexibility index (Phi) is 4.04. The Labute approximate surface area is 109 Å². The molecule has 1 heterocycles. The summed E-state index contributed by atoms with van der Waals surface area (Å²) < 4.78 is 26.4. The van der Waals surface area contributed by atoms with Crippen LogP contribution in [-0.4, -0.2) is 50.8 Å². The van der Waals surface area contributed by atoms with Gasteiger partial charge in [-0.3, -0.25) is 0 Å². The van der Waals surface area contributed by atoms with Gasteiger partial charge in [0.25, 0.3) is 0 Å². The highest BCUT2D eigenvalue weighted by molar-refractivity contribution is 7.89. The minimum Gasteiger partial charge on any atom is -0.306 e. The maximum Gasteiger partial charge on any atom is 0.243 e. The maximum atomic E-state index is 12.4. The van der Waals surface area contributed by atoms with Crippen molar-refractivity contribution in [1.82, 2.24) is 9.21 Å². The second-order valence-electron chi connectivity index (χ2n) is 4.91. The maximum absolute atomic E-state index is 12.4. The fourth-order valence-corrected chi connectivity index (χ4v) is 3.83. The van der Waals surface area contributed by atoms with Crippen LogP contribution in [0, 0.1) is 0 Å². The third-order valence-corrected chi connectivity index (χ3v) is 5.45. The molecule has 0 atom stereocenters. The summed E-state index contributed by atoms with van der Waals surface area (Å²) in [5.74, 6) is 0. The Balaban J connectivity index is 2.10. The fraction of sp³-hybridized carbons (Fsp3) is 0.538. The van der Waals surface area contributed by atoms with E-state index in [1.165, 1.54) is 0 Å². The largest absolute Gasteiger partial charge is 0.306 e. The Morgan fingerprint density at radius 1 is 1.11 bits per heavy atom. The first-order valence-electron chi connectivity index (χ1n) is 6.23. The van der Waals surface area contributed by atoms with E-state index in [9.17, 15) is 8.42 Å². The van der Waals surface area contributed by atoms with E-state index in [0.29, 0.717) is 24.0 Å². The lowest BCUT2D eigenvalue weighted by Crippen LogP contribution is -2.44. The van der Waals surface area contributed by atoms with Gasteiger partial charge in [-0.05, 0) is 39.1 Å². The summed E-state index contributed by atoms with van der Waals surface area (Å²) in [5.41, 5.74) is 0. The molecule has 0 aromatic heterocycles. The molecule has 2 rings (SSSR count). The smallest absolute Gasteiger partial charge is 0.243 e. The minimum absolute atomic E-state index is 0.397. The van der Waals surface area contributed by atoms with Gasteiger partial charge in [-0.25, -0.2) is 8.42 Å². The lowest BCUT2D eigenvalue weighted by atomic mass is 10.1. The van der Waals surface area contributed by atoms with Crippen LogP contribution in [0.4, 0.5) is 0 Å². The Hall–Kier alpha value is -0.910. The number of hydrogen-bond acceptors (Lipinski definition) is 3. The Bertz CT molecular complexity index is 477. The number of piperidine rings is 1. The SMILES string of the molecule is CN(C)C1CCN(S(=O)(=O)c2ccccc2)CC1. The molecule has 0 radical (unpaired) electrons. The van der Waals surface area contributed by atoms with Crippen LogP contribution < -0.4 is 0 Å².